The monoisotopic (exact) mass is 396 g/mol. The molecule has 0 unspecified atom stereocenters. The first-order valence-corrected chi connectivity index (χ1v) is 10.3. The van der Waals surface area contributed by atoms with E-state index in [4.69, 9.17) is 4.74 Å². The van der Waals surface area contributed by atoms with Crippen LogP contribution in [0.1, 0.15) is 34.6 Å². The zero-order valence-corrected chi connectivity index (χ0v) is 17.1. The van der Waals surface area contributed by atoms with Crippen LogP contribution in [0.4, 0.5) is 0 Å². The first kappa shape index (κ1) is 19.6. The first-order chi connectivity index (χ1) is 14.0. The third kappa shape index (κ3) is 4.19. The zero-order valence-electron chi connectivity index (χ0n) is 17.1. The van der Waals surface area contributed by atoms with Crippen LogP contribution >= 0.6 is 0 Å². The number of aromatic nitrogens is 2. The lowest BCUT2D eigenvalue weighted by molar-refractivity contribution is -0.141. The maximum absolute atomic E-state index is 12.9. The van der Waals surface area contributed by atoms with Gasteiger partial charge in [0.25, 0.3) is 5.91 Å². The van der Waals surface area contributed by atoms with Crippen molar-refractivity contribution < 1.29 is 14.3 Å². The van der Waals surface area contributed by atoms with Gasteiger partial charge in [0.05, 0.1) is 24.6 Å². The van der Waals surface area contributed by atoms with Crippen molar-refractivity contribution in [3.63, 3.8) is 0 Å². The summed E-state index contributed by atoms with van der Waals surface area (Å²) in [6.07, 6.45) is 1.46. The van der Waals surface area contributed by atoms with Crippen LogP contribution in [0, 0.1) is 19.8 Å². The lowest BCUT2D eigenvalue weighted by atomic mass is 9.94. The third-order valence-corrected chi connectivity index (χ3v) is 5.82. The lowest BCUT2D eigenvalue weighted by Gasteiger charge is -2.35. The normalized spacial score (nSPS) is 18.1. The molecule has 4 rings (SSSR count). The van der Waals surface area contributed by atoms with E-state index in [1.807, 2.05) is 58.7 Å². The van der Waals surface area contributed by atoms with Crippen molar-refractivity contribution in [1.29, 1.82) is 0 Å². The van der Waals surface area contributed by atoms with E-state index >= 15 is 0 Å². The number of ether oxygens (including phenoxy) is 1. The van der Waals surface area contributed by atoms with E-state index in [1.54, 1.807) is 0 Å². The highest BCUT2D eigenvalue weighted by Gasteiger charge is 2.31. The summed E-state index contributed by atoms with van der Waals surface area (Å²) >= 11 is 0. The molecule has 0 aliphatic carbocycles. The fourth-order valence-electron chi connectivity index (χ4n) is 4.19. The average molecular weight is 396 g/mol. The van der Waals surface area contributed by atoms with Crippen LogP contribution < -0.4 is 0 Å². The summed E-state index contributed by atoms with van der Waals surface area (Å²) < 4.78 is 7.21. The molecule has 29 heavy (non-hydrogen) atoms. The predicted octanol–water partition coefficient (Wildman–Crippen LogP) is 2.20. The number of benzene rings is 1. The minimum Gasteiger partial charge on any atom is -0.378 e. The number of likely N-dealkylation sites (tertiary alicyclic amines) is 1. The van der Waals surface area contributed by atoms with Gasteiger partial charge in [-0.2, -0.15) is 5.10 Å². The Morgan fingerprint density at radius 2 is 1.62 bits per heavy atom. The van der Waals surface area contributed by atoms with Gasteiger partial charge in [-0.05, 0) is 57.0 Å². The van der Waals surface area contributed by atoms with E-state index in [2.05, 4.69) is 5.10 Å². The molecular formula is C22H28N4O3. The van der Waals surface area contributed by atoms with Gasteiger partial charge in [-0.15, -0.1) is 0 Å². The van der Waals surface area contributed by atoms with Crippen LogP contribution in [0.2, 0.25) is 0 Å². The molecule has 7 heteroatoms. The third-order valence-electron chi connectivity index (χ3n) is 5.82. The Morgan fingerprint density at radius 1 is 0.966 bits per heavy atom. The Kier molecular flexibility index (Phi) is 5.67. The minimum absolute atomic E-state index is 0.0190. The standard InChI is InChI=1S/C22H28N4O3/c1-16-15-17(2)26(23-16)20-5-3-18(4-6-20)21(27)24-9-7-19(8-10-24)22(28)25-11-13-29-14-12-25/h3-6,15,19H,7-14H2,1-2H3. The second-order valence-corrected chi connectivity index (χ2v) is 7.89. The SMILES string of the molecule is Cc1cc(C)n(-c2ccc(C(=O)N3CCC(C(=O)N4CCOCC4)CC3)cc2)n1. The van der Waals surface area contributed by atoms with E-state index in [1.165, 1.54) is 0 Å². The van der Waals surface area contributed by atoms with Crippen molar-refractivity contribution in [2.24, 2.45) is 5.92 Å². The van der Waals surface area contributed by atoms with Gasteiger partial charge in [-0.3, -0.25) is 9.59 Å². The fourth-order valence-corrected chi connectivity index (χ4v) is 4.19. The highest BCUT2D eigenvalue weighted by atomic mass is 16.5. The molecule has 0 spiro atoms. The van der Waals surface area contributed by atoms with E-state index in [0.717, 1.165) is 29.9 Å². The van der Waals surface area contributed by atoms with E-state index < -0.39 is 0 Å². The van der Waals surface area contributed by atoms with E-state index in [9.17, 15) is 9.59 Å². The summed E-state index contributed by atoms with van der Waals surface area (Å²) in [6.45, 7) is 7.83. The highest BCUT2D eigenvalue weighted by molar-refractivity contribution is 5.94. The number of morpholine rings is 1. The van der Waals surface area contributed by atoms with Gasteiger partial charge in [-0.25, -0.2) is 4.68 Å². The van der Waals surface area contributed by atoms with Crippen LogP contribution in [-0.2, 0) is 9.53 Å². The summed E-state index contributed by atoms with van der Waals surface area (Å²) in [5.41, 5.74) is 3.65. The second kappa shape index (κ2) is 8.37. The molecule has 2 aliphatic rings. The molecule has 154 valence electrons. The molecule has 2 fully saturated rings. The summed E-state index contributed by atoms with van der Waals surface area (Å²) in [4.78, 5) is 29.3. The number of hydrogen-bond acceptors (Lipinski definition) is 4. The summed E-state index contributed by atoms with van der Waals surface area (Å²) in [5, 5.41) is 4.49. The number of carbonyl (C=O) groups excluding carboxylic acids is 2. The molecule has 0 atom stereocenters. The van der Waals surface area contributed by atoms with Gasteiger partial charge in [-0.1, -0.05) is 0 Å². The van der Waals surface area contributed by atoms with E-state index in [-0.39, 0.29) is 17.7 Å². The molecule has 0 radical (unpaired) electrons. The number of nitrogens with zero attached hydrogens (tertiary/aromatic N) is 4. The molecule has 1 aromatic carbocycles. The van der Waals surface area contributed by atoms with E-state index in [0.29, 0.717) is 45.0 Å². The summed E-state index contributed by atoms with van der Waals surface area (Å²) in [6, 6.07) is 9.61. The molecule has 7 nitrogen and oxygen atoms in total. The number of piperidine rings is 1. The zero-order chi connectivity index (χ0) is 20.4. The maximum Gasteiger partial charge on any atom is 0.253 e. The molecule has 2 aromatic rings. The Morgan fingerprint density at radius 3 is 2.21 bits per heavy atom. The Labute approximate surface area is 171 Å². The van der Waals surface area contributed by atoms with Crippen LogP contribution in [0.5, 0.6) is 0 Å². The minimum atomic E-state index is 0.0190. The number of rotatable bonds is 3. The largest absolute Gasteiger partial charge is 0.378 e. The second-order valence-electron chi connectivity index (χ2n) is 7.89. The van der Waals surface area contributed by atoms with Gasteiger partial charge in [0.15, 0.2) is 0 Å². The van der Waals surface area contributed by atoms with Crippen molar-refractivity contribution in [3.8, 4) is 5.69 Å². The van der Waals surface area contributed by atoms with Crippen molar-refractivity contribution in [2.75, 3.05) is 39.4 Å². The Hall–Kier alpha value is -2.67. The summed E-state index contributed by atoms with van der Waals surface area (Å²) in [5.74, 6) is 0.266. The molecular weight excluding hydrogens is 368 g/mol. The molecule has 1 aromatic heterocycles. The number of amides is 2. The van der Waals surface area contributed by atoms with Crippen LogP contribution in [0.3, 0.4) is 0 Å². The Balaban J connectivity index is 1.36. The van der Waals surface area contributed by atoms with Crippen molar-refractivity contribution in [1.82, 2.24) is 19.6 Å². The first-order valence-electron chi connectivity index (χ1n) is 10.3. The van der Waals surface area contributed by atoms with Crippen LogP contribution in [0.15, 0.2) is 30.3 Å². The maximum atomic E-state index is 12.9. The molecule has 0 bridgehead atoms. The van der Waals surface area contributed by atoms with Crippen molar-refractivity contribution in [3.05, 3.63) is 47.3 Å². The smallest absolute Gasteiger partial charge is 0.253 e. The number of carbonyl (C=O) groups is 2. The average Bonchev–Trinajstić information content (AvgIpc) is 3.11. The quantitative estimate of drug-likeness (QED) is 0.798. The molecule has 2 amide bonds. The Bertz CT molecular complexity index is 876. The number of hydrogen-bond donors (Lipinski definition) is 0. The topological polar surface area (TPSA) is 67.7 Å². The van der Waals surface area contributed by atoms with Gasteiger partial charge in [0.2, 0.25) is 5.91 Å². The fraction of sp³-hybridized carbons (Fsp3) is 0.500. The highest BCUT2D eigenvalue weighted by Crippen LogP contribution is 2.22. The van der Waals surface area contributed by atoms with Gasteiger partial charge in [0, 0.05) is 43.4 Å². The van der Waals surface area contributed by atoms with Crippen molar-refractivity contribution in [2.45, 2.75) is 26.7 Å². The lowest BCUT2D eigenvalue weighted by Crippen LogP contribution is -2.47. The molecule has 3 heterocycles. The predicted molar refractivity (Wildman–Crippen MR) is 109 cm³/mol. The molecule has 2 saturated heterocycles. The van der Waals surface area contributed by atoms with Crippen LogP contribution in [0.25, 0.3) is 5.69 Å². The molecule has 2 aliphatic heterocycles. The van der Waals surface area contributed by atoms with Crippen molar-refractivity contribution >= 4 is 11.8 Å². The van der Waals surface area contributed by atoms with Crippen LogP contribution in [-0.4, -0.2) is 70.8 Å². The molecule has 0 saturated carbocycles. The van der Waals surface area contributed by atoms with Gasteiger partial charge < -0.3 is 14.5 Å². The number of aryl methyl sites for hydroxylation is 2. The molecule has 0 N–H and O–H groups in total. The summed E-state index contributed by atoms with van der Waals surface area (Å²) in [7, 11) is 0. The van der Waals surface area contributed by atoms with Gasteiger partial charge in [0.1, 0.15) is 0 Å². The van der Waals surface area contributed by atoms with Gasteiger partial charge >= 0.3 is 0 Å².